The SMILES string of the molecule is CC(C)(C)OC(=O)N1C=C(c2cccc(N3CCOCC3)n2)C2C=C(C(=N)SC=N)C=CC21. The number of pyridine rings is 1. The molecule has 2 N–H and O–H groups in total. The largest absolute Gasteiger partial charge is 0.443 e. The van der Waals surface area contributed by atoms with Gasteiger partial charge in [0.15, 0.2) is 0 Å². The summed E-state index contributed by atoms with van der Waals surface area (Å²) in [6.45, 7) is 8.47. The van der Waals surface area contributed by atoms with Crippen LogP contribution in [0, 0.1) is 16.7 Å². The summed E-state index contributed by atoms with van der Waals surface area (Å²) in [5, 5.41) is 15.9. The number of thioether (sulfide) groups is 1. The van der Waals surface area contributed by atoms with Crippen LogP contribution in [0.5, 0.6) is 0 Å². The fourth-order valence-corrected chi connectivity index (χ4v) is 4.48. The molecule has 1 aliphatic carbocycles. The smallest absolute Gasteiger partial charge is 0.414 e. The second kappa shape index (κ2) is 9.52. The number of nitrogens with zero attached hydrogens (tertiary/aromatic N) is 3. The second-order valence-corrected chi connectivity index (χ2v) is 9.89. The van der Waals surface area contributed by atoms with Crippen LogP contribution in [0.15, 0.2) is 48.2 Å². The summed E-state index contributed by atoms with van der Waals surface area (Å²) in [7, 11) is 0. The molecule has 1 aromatic rings. The number of hydrogen-bond donors (Lipinski definition) is 2. The third kappa shape index (κ3) is 5.20. The lowest BCUT2D eigenvalue weighted by Gasteiger charge is -2.30. The molecule has 9 heteroatoms. The predicted molar refractivity (Wildman–Crippen MR) is 132 cm³/mol. The first-order valence-electron chi connectivity index (χ1n) is 10.9. The molecule has 0 radical (unpaired) electrons. The molecule has 33 heavy (non-hydrogen) atoms. The van der Waals surface area contributed by atoms with Crippen molar-refractivity contribution < 1.29 is 14.3 Å². The highest BCUT2D eigenvalue weighted by Gasteiger charge is 2.40. The van der Waals surface area contributed by atoms with E-state index in [2.05, 4.69) is 4.90 Å². The van der Waals surface area contributed by atoms with E-state index in [1.165, 1.54) is 0 Å². The number of amides is 1. The van der Waals surface area contributed by atoms with Gasteiger partial charge in [-0.15, -0.1) is 0 Å². The van der Waals surface area contributed by atoms with Crippen molar-refractivity contribution in [2.24, 2.45) is 5.92 Å². The monoisotopic (exact) mass is 467 g/mol. The molecule has 0 bridgehead atoms. The standard InChI is InChI=1S/C24H29N5O3S/c1-24(2,3)32-23(30)29-14-18(17-13-16(7-8-20(17)29)22(26)33-15-25)19-5-4-6-21(27-19)28-9-11-31-12-10-28/h4-8,13-15,17,20,25-26H,9-12H2,1-3H3. The molecule has 0 aromatic carbocycles. The summed E-state index contributed by atoms with van der Waals surface area (Å²) in [6.07, 6.45) is 7.17. The number of fused-ring (bicyclic) bond motifs is 1. The molecule has 1 saturated heterocycles. The minimum absolute atomic E-state index is 0.170. The van der Waals surface area contributed by atoms with Crippen molar-refractivity contribution >= 4 is 39.8 Å². The predicted octanol–water partition coefficient (Wildman–Crippen LogP) is 4.31. The highest BCUT2D eigenvalue weighted by molar-refractivity contribution is 8.25. The van der Waals surface area contributed by atoms with Crippen LogP contribution < -0.4 is 4.90 Å². The Labute approximate surface area is 198 Å². The van der Waals surface area contributed by atoms with Gasteiger partial charge in [-0.05, 0) is 32.9 Å². The number of anilines is 1. The quantitative estimate of drug-likeness (QED) is 0.505. The first kappa shape index (κ1) is 23.3. The Hall–Kier alpha value is -2.91. The lowest BCUT2D eigenvalue weighted by atomic mass is 9.86. The van der Waals surface area contributed by atoms with E-state index < -0.39 is 11.7 Å². The summed E-state index contributed by atoms with van der Waals surface area (Å²) < 4.78 is 11.1. The first-order chi connectivity index (χ1) is 15.8. The zero-order chi connectivity index (χ0) is 23.6. The summed E-state index contributed by atoms with van der Waals surface area (Å²) in [4.78, 5) is 21.7. The molecule has 3 aliphatic rings. The van der Waals surface area contributed by atoms with Gasteiger partial charge in [-0.1, -0.05) is 36.1 Å². The molecule has 1 amide bonds. The average Bonchev–Trinajstić information content (AvgIpc) is 3.18. The summed E-state index contributed by atoms with van der Waals surface area (Å²) in [6, 6.07) is 5.67. The molecule has 4 rings (SSSR count). The van der Waals surface area contributed by atoms with Crippen LogP contribution in [0.1, 0.15) is 26.5 Å². The average molecular weight is 468 g/mol. The highest BCUT2D eigenvalue weighted by atomic mass is 32.2. The van der Waals surface area contributed by atoms with E-state index in [1.807, 2.05) is 63.4 Å². The van der Waals surface area contributed by atoms with Crippen LogP contribution in [0.4, 0.5) is 10.6 Å². The number of carbonyl (C=O) groups is 1. The molecular formula is C24H29N5O3S. The number of allylic oxidation sites excluding steroid dienone is 1. The first-order valence-corrected chi connectivity index (χ1v) is 11.8. The van der Waals surface area contributed by atoms with E-state index in [-0.39, 0.29) is 12.0 Å². The molecule has 3 heterocycles. The number of rotatable bonds is 4. The zero-order valence-corrected chi connectivity index (χ0v) is 19.9. The number of hydrogen-bond acceptors (Lipinski definition) is 8. The Kier molecular flexibility index (Phi) is 6.71. The van der Waals surface area contributed by atoms with Crippen LogP contribution in [0.25, 0.3) is 5.57 Å². The van der Waals surface area contributed by atoms with Crippen LogP contribution in [-0.2, 0) is 9.47 Å². The van der Waals surface area contributed by atoms with Crippen molar-refractivity contribution in [2.45, 2.75) is 32.4 Å². The van der Waals surface area contributed by atoms with Gasteiger partial charge in [0.2, 0.25) is 0 Å². The molecule has 1 aromatic heterocycles. The molecule has 0 saturated carbocycles. The zero-order valence-electron chi connectivity index (χ0n) is 19.1. The molecule has 8 nitrogen and oxygen atoms in total. The van der Waals surface area contributed by atoms with Crippen molar-refractivity contribution in [3.8, 4) is 0 Å². The van der Waals surface area contributed by atoms with Crippen molar-refractivity contribution in [2.75, 3.05) is 31.2 Å². The van der Waals surface area contributed by atoms with E-state index in [9.17, 15) is 4.79 Å². The number of nitrogens with one attached hydrogen (secondary N) is 2. The molecular weight excluding hydrogens is 438 g/mol. The summed E-state index contributed by atoms with van der Waals surface area (Å²) >= 11 is 1.05. The Bertz CT molecular complexity index is 1040. The van der Waals surface area contributed by atoms with Gasteiger partial charge in [0, 0.05) is 36.4 Å². The Balaban J connectivity index is 1.70. The maximum Gasteiger partial charge on any atom is 0.414 e. The van der Waals surface area contributed by atoms with Gasteiger partial charge in [0.25, 0.3) is 0 Å². The van der Waals surface area contributed by atoms with Gasteiger partial charge in [-0.25, -0.2) is 9.78 Å². The topological polar surface area (TPSA) is 103 Å². The molecule has 2 unspecified atom stereocenters. The lowest BCUT2D eigenvalue weighted by molar-refractivity contribution is 0.0303. The number of ether oxygens (including phenoxy) is 2. The highest BCUT2D eigenvalue weighted by Crippen LogP contribution is 2.41. The van der Waals surface area contributed by atoms with Crippen molar-refractivity contribution in [3.63, 3.8) is 0 Å². The second-order valence-electron chi connectivity index (χ2n) is 9.01. The fraction of sp³-hybridized carbons (Fsp3) is 0.417. The van der Waals surface area contributed by atoms with Gasteiger partial charge in [0.1, 0.15) is 11.4 Å². The molecule has 2 atom stereocenters. The van der Waals surface area contributed by atoms with E-state index in [0.717, 1.165) is 53.1 Å². The maximum atomic E-state index is 13.0. The third-order valence-corrected chi connectivity index (χ3v) is 6.16. The minimum Gasteiger partial charge on any atom is -0.443 e. The van der Waals surface area contributed by atoms with Gasteiger partial charge in [-0.3, -0.25) is 10.3 Å². The molecule has 0 spiro atoms. The number of morpholine rings is 1. The molecule has 174 valence electrons. The number of carbonyl (C=O) groups excluding carboxylic acids is 1. The van der Waals surface area contributed by atoms with Gasteiger partial charge in [0.05, 0.1) is 35.5 Å². The van der Waals surface area contributed by atoms with Crippen LogP contribution in [-0.4, -0.2) is 64.5 Å². The summed E-state index contributed by atoms with van der Waals surface area (Å²) in [5.41, 5.74) is 2.95. The fourth-order valence-electron chi connectivity index (χ4n) is 4.09. The third-order valence-electron chi connectivity index (χ3n) is 5.57. The Morgan fingerprint density at radius 3 is 2.76 bits per heavy atom. The molecule has 2 aliphatic heterocycles. The van der Waals surface area contributed by atoms with Gasteiger partial charge < -0.3 is 19.8 Å². The minimum atomic E-state index is -0.611. The van der Waals surface area contributed by atoms with E-state index >= 15 is 0 Å². The van der Waals surface area contributed by atoms with Crippen LogP contribution in [0.3, 0.4) is 0 Å². The van der Waals surface area contributed by atoms with Crippen molar-refractivity contribution in [1.82, 2.24) is 9.88 Å². The van der Waals surface area contributed by atoms with Gasteiger partial charge in [-0.2, -0.15) is 0 Å². The maximum absolute atomic E-state index is 13.0. The van der Waals surface area contributed by atoms with Crippen molar-refractivity contribution in [1.29, 1.82) is 10.8 Å². The Morgan fingerprint density at radius 2 is 2.06 bits per heavy atom. The Morgan fingerprint density at radius 1 is 1.30 bits per heavy atom. The van der Waals surface area contributed by atoms with Gasteiger partial charge >= 0.3 is 6.09 Å². The molecule has 1 fully saturated rings. The van der Waals surface area contributed by atoms with Crippen molar-refractivity contribution in [3.05, 3.63) is 53.9 Å². The van der Waals surface area contributed by atoms with E-state index in [1.54, 1.807) is 4.90 Å². The van der Waals surface area contributed by atoms with E-state index in [0.29, 0.717) is 18.3 Å². The van der Waals surface area contributed by atoms with Crippen LogP contribution >= 0.6 is 11.8 Å². The number of aromatic nitrogens is 1. The van der Waals surface area contributed by atoms with Crippen LogP contribution in [0.2, 0.25) is 0 Å². The summed E-state index contributed by atoms with van der Waals surface area (Å²) in [5.74, 6) is 0.711. The lowest BCUT2D eigenvalue weighted by Crippen LogP contribution is -2.39. The van der Waals surface area contributed by atoms with E-state index in [4.69, 9.17) is 25.3 Å². The normalized spacial score (nSPS) is 22.4.